The molecule has 1 atom stereocenters. The van der Waals surface area contributed by atoms with Crippen LogP contribution in [0.2, 0.25) is 0 Å². The molecule has 0 saturated carbocycles. The third-order valence-electron chi connectivity index (χ3n) is 3.83. The third kappa shape index (κ3) is 3.39. The van der Waals surface area contributed by atoms with Crippen molar-refractivity contribution in [3.8, 4) is 0 Å². The molecule has 22 heavy (non-hydrogen) atoms. The maximum atomic E-state index is 12.4. The third-order valence-corrected chi connectivity index (χ3v) is 5.59. The smallest absolute Gasteiger partial charge is 0.268 e. The summed E-state index contributed by atoms with van der Waals surface area (Å²) in [5, 5.41) is 2.82. The molecule has 0 radical (unpaired) electrons. The topological polar surface area (TPSA) is 68.2 Å². The molecular weight excluding hydrogens is 300 g/mol. The van der Waals surface area contributed by atoms with Crippen LogP contribution in [0.3, 0.4) is 0 Å². The number of hydrogen-bond acceptors (Lipinski definition) is 3. The van der Waals surface area contributed by atoms with Gasteiger partial charge >= 0.3 is 0 Å². The molecule has 0 bridgehead atoms. The molecule has 1 N–H and O–H groups in total. The second-order valence-corrected chi connectivity index (χ2v) is 7.81. The van der Waals surface area contributed by atoms with Crippen LogP contribution in [0.5, 0.6) is 0 Å². The van der Waals surface area contributed by atoms with Gasteiger partial charge in [0.2, 0.25) is 0 Å². The molecule has 2 heterocycles. The first-order valence-corrected chi connectivity index (χ1v) is 9.06. The largest absolute Gasteiger partial charge is 0.347 e. The van der Waals surface area contributed by atoms with Gasteiger partial charge in [-0.1, -0.05) is 30.3 Å². The predicted molar refractivity (Wildman–Crippen MR) is 84.5 cm³/mol. The molecule has 116 valence electrons. The van der Waals surface area contributed by atoms with Gasteiger partial charge in [-0.3, -0.25) is 4.79 Å². The molecule has 1 fully saturated rings. The van der Waals surface area contributed by atoms with Crippen LogP contribution < -0.4 is 5.32 Å². The van der Waals surface area contributed by atoms with E-state index < -0.39 is 9.84 Å². The van der Waals surface area contributed by atoms with Crippen molar-refractivity contribution < 1.29 is 13.2 Å². The molecule has 1 aliphatic heterocycles. The molecular formula is C16H18N2O3S. The molecule has 5 nitrogen and oxygen atoms in total. The Kier molecular flexibility index (Phi) is 4.02. The summed E-state index contributed by atoms with van der Waals surface area (Å²) in [5.74, 6) is -0.0239. The highest BCUT2D eigenvalue weighted by Gasteiger charge is 2.29. The lowest BCUT2D eigenvalue weighted by Gasteiger charge is -2.13. The summed E-state index contributed by atoms with van der Waals surface area (Å²) in [6.07, 6.45) is 2.35. The van der Waals surface area contributed by atoms with Crippen molar-refractivity contribution in [2.45, 2.75) is 19.0 Å². The van der Waals surface area contributed by atoms with Gasteiger partial charge in [0.05, 0.1) is 11.5 Å². The maximum absolute atomic E-state index is 12.4. The van der Waals surface area contributed by atoms with Gasteiger partial charge in [0.1, 0.15) is 5.69 Å². The first-order chi connectivity index (χ1) is 10.5. The van der Waals surface area contributed by atoms with E-state index in [1.165, 1.54) is 0 Å². The van der Waals surface area contributed by atoms with Crippen molar-refractivity contribution in [2.75, 3.05) is 11.5 Å². The number of benzene rings is 1. The van der Waals surface area contributed by atoms with Gasteiger partial charge in [-0.05, 0) is 24.1 Å². The van der Waals surface area contributed by atoms with Crippen LogP contribution in [0.1, 0.15) is 22.5 Å². The Balaban J connectivity index is 1.70. The second kappa shape index (κ2) is 5.96. The number of nitrogens with zero attached hydrogens (tertiary/aromatic N) is 1. The minimum atomic E-state index is -2.99. The molecule has 1 amide bonds. The van der Waals surface area contributed by atoms with E-state index in [1.54, 1.807) is 6.07 Å². The van der Waals surface area contributed by atoms with Gasteiger partial charge in [-0.25, -0.2) is 8.42 Å². The summed E-state index contributed by atoms with van der Waals surface area (Å²) in [6, 6.07) is 13.2. The molecule has 2 aromatic rings. The van der Waals surface area contributed by atoms with Crippen molar-refractivity contribution in [1.29, 1.82) is 0 Å². The van der Waals surface area contributed by atoms with Crippen LogP contribution in [0.4, 0.5) is 0 Å². The predicted octanol–water partition coefficient (Wildman–Crippen LogP) is 1.45. The first kappa shape index (κ1) is 14.8. The molecule has 6 heteroatoms. The summed E-state index contributed by atoms with van der Waals surface area (Å²) < 4.78 is 24.8. The van der Waals surface area contributed by atoms with Crippen LogP contribution in [0.25, 0.3) is 0 Å². The standard InChI is InChI=1S/C16H18N2O3S/c19-16(17-14-8-10-22(20,21)12-14)15-7-4-9-18(15)11-13-5-2-1-3-6-13/h1-7,9,14H,8,10-12H2,(H,17,19)/t14-/m1/s1. The van der Waals surface area contributed by atoms with Gasteiger partial charge < -0.3 is 9.88 Å². The highest BCUT2D eigenvalue weighted by molar-refractivity contribution is 7.91. The van der Waals surface area contributed by atoms with Gasteiger partial charge in [0.15, 0.2) is 9.84 Å². The molecule has 0 unspecified atom stereocenters. The normalized spacial score (nSPS) is 19.9. The SMILES string of the molecule is O=C(N[C@@H]1CCS(=O)(=O)C1)c1cccn1Cc1ccccc1. The quantitative estimate of drug-likeness (QED) is 0.928. The van der Waals surface area contributed by atoms with Crippen molar-refractivity contribution >= 4 is 15.7 Å². The lowest BCUT2D eigenvalue weighted by Crippen LogP contribution is -2.36. The highest BCUT2D eigenvalue weighted by Crippen LogP contribution is 2.13. The van der Waals surface area contributed by atoms with E-state index in [0.29, 0.717) is 18.7 Å². The fourth-order valence-corrected chi connectivity index (χ4v) is 4.38. The van der Waals surface area contributed by atoms with E-state index in [2.05, 4.69) is 5.32 Å². The van der Waals surface area contributed by atoms with E-state index in [-0.39, 0.29) is 23.5 Å². The summed E-state index contributed by atoms with van der Waals surface area (Å²) in [7, 11) is -2.99. The maximum Gasteiger partial charge on any atom is 0.268 e. The van der Waals surface area contributed by atoms with E-state index in [9.17, 15) is 13.2 Å². The summed E-state index contributed by atoms with van der Waals surface area (Å²) in [4.78, 5) is 12.4. The highest BCUT2D eigenvalue weighted by atomic mass is 32.2. The average Bonchev–Trinajstić information content (AvgIpc) is 3.06. The number of rotatable bonds is 4. The Labute approximate surface area is 129 Å². The van der Waals surface area contributed by atoms with Crippen molar-refractivity contribution in [3.05, 3.63) is 59.9 Å². The molecule has 1 aliphatic rings. The number of nitrogens with one attached hydrogen (secondary N) is 1. The van der Waals surface area contributed by atoms with Gasteiger partial charge in [-0.15, -0.1) is 0 Å². The first-order valence-electron chi connectivity index (χ1n) is 7.24. The monoisotopic (exact) mass is 318 g/mol. The Hall–Kier alpha value is -2.08. The van der Waals surface area contributed by atoms with Crippen molar-refractivity contribution in [2.24, 2.45) is 0 Å². The van der Waals surface area contributed by atoms with Crippen LogP contribution in [-0.4, -0.2) is 36.4 Å². The molecule has 1 aromatic heterocycles. The Morgan fingerprint density at radius 3 is 2.64 bits per heavy atom. The number of aromatic nitrogens is 1. The van der Waals surface area contributed by atoms with Crippen molar-refractivity contribution in [1.82, 2.24) is 9.88 Å². The Bertz CT molecular complexity index is 766. The lowest BCUT2D eigenvalue weighted by molar-refractivity contribution is 0.0932. The van der Waals surface area contributed by atoms with E-state index in [4.69, 9.17) is 0 Å². The van der Waals surface area contributed by atoms with Gasteiger partial charge in [-0.2, -0.15) is 0 Å². The summed E-state index contributed by atoms with van der Waals surface area (Å²) in [5.41, 5.74) is 1.66. The van der Waals surface area contributed by atoms with Crippen LogP contribution >= 0.6 is 0 Å². The number of carbonyl (C=O) groups excluding carboxylic acids is 1. The van der Waals surface area contributed by atoms with Crippen LogP contribution in [-0.2, 0) is 16.4 Å². The van der Waals surface area contributed by atoms with Crippen LogP contribution in [0.15, 0.2) is 48.7 Å². The summed E-state index contributed by atoms with van der Waals surface area (Å²) >= 11 is 0. The van der Waals surface area contributed by atoms with Gasteiger partial charge in [0.25, 0.3) is 5.91 Å². The molecule has 0 aliphatic carbocycles. The van der Waals surface area contributed by atoms with E-state index >= 15 is 0 Å². The van der Waals surface area contributed by atoms with Gasteiger partial charge in [0, 0.05) is 18.8 Å². The minimum absolute atomic E-state index is 0.0398. The fourth-order valence-electron chi connectivity index (χ4n) is 2.71. The fraction of sp³-hybridized carbons (Fsp3) is 0.312. The number of amides is 1. The lowest BCUT2D eigenvalue weighted by atomic mass is 10.2. The zero-order valence-electron chi connectivity index (χ0n) is 12.1. The minimum Gasteiger partial charge on any atom is -0.347 e. The Morgan fingerprint density at radius 1 is 1.18 bits per heavy atom. The summed E-state index contributed by atoms with van der Waals surface area (Å²) in [6.45, 7) is 0.611. The zero-order valence-corrected chi connectivity index (χ0v) is 12.9. The average molecular weight is 318 g/mol. The Morgan fingerprint density at radius 2 is 1.95 bits per heavy atom. The van der Waals surface area contributed by atoms with Crippen LogP contribution in [0, 0.1) is 0 Å². The zero-order chi connectivity index (χ0) is 15.6. The second-order valence-electron chi connectivity index (χ2n) is 5.58. The van der Waals surface area contributed by atoms with E-state index in [0.717, 1.165) is 5.56 Å². The molecule has 1 saturated heterocycles. The number of hydrogen-bond donors (Lipinski definition) is 1. The van der Waals surface area contributed by atoms with E-state index in [1.807, 2.05) is 47.2 Å². The number of carbonyl (C=O) groups is 1. The molecule has 3 rings (SSSR count). The molecule has 1 aromatic carbocycles. The van der Waals surface area contributed by atoms with Crippen molar-refractivity contribution in [3.63, 3.8) is 0 Å². The number of sulfone groups is 1. The molecule has 0 spiro atoms.